The molecular formula is C18H29BrN2. The second-order valence-corrected chi connectivity index (χ2v) is 7.63. The molecule has 0 spiro atoms. The van der Waals surface area contributed by atoms with Gasteiger partial charge >= 0.3 is 0 Å². The summed E-state index contributed by atoms with van der Waals surface area (Å²) in [5.41, 5.74) is 8.96. The van der Waals surface area contributed by atoms with Crippen molar-refractivity contribution in [3.63, 3.8) is 0 Å². The molecule has 1 atom stereocenters. The highest BCUT2D eigenvalue weighted by atomic mass is 79.9. The van der Waals surface area contributed by atoms with Crippen LogP contribution in [0.15, 0.2) is 22.7 Å². The van der Waals surface area contributed by atoms with Gasteiger partial charge in [-0.1, -0.05) is 42.8 Å². The van der Waals surface area contributed by atoms with Crippen molar-refractivity contribution < 1.29 is 0 Å². The standard InChI is InChI=1S/C18H29BrN2/c1-4-17(20)11-15-5-6-16(19)12-18(15)21-9-7-14(8-10-21)13(2)3/h5-6,12-14,17H,4,7-11,20H2,1-3H3. The normalized spacial score (nSPS) is 18.3. The summed E-state index contributed by atoms with van der Waals surface area (Å²) in [6.45, 7) is 9.22. The number of nitrogens with zero attached hydrogens (tertiary/aromatic N) is 1. The summed E-state index contributed by atoms with van der Waals surface area (Å²) in [4.78, 5) is 2.56. The van der Waals surface area contributed by atoms with Crippen LogP contribution in [-0.2, 0) is 6.42 Å². The Bertz CT molecular complexity index is 451. The van der Waals surface area contributed by atoms with Crippen LogP contribution in [-0.4, -0.2) is 19.1 Å². The molecule has 1 aromatic carbocycles. The Morgan fingerprint density at radius 3 is 2.52 bits per heavy atom. The van der Waals surface area contributed by atoms with E-state index >= 15 is 0 Å². The van der Waals surface area contributed by atoms with E-state index in [1.807, 2.05) is 0 Å². The molecule has 21 heavy (non-hydrogen) atoms. The van der Waals surface area contributed by atoms with Crippen molar-refractivity contribution in [1.82, 2.24) is 0 Å². The molecule has 118 valence electrons. The van der Waals surface area contributed by atoms with Gasteiger partial charge in [-0.05, 0) is 55.2 Å². The molecule has 0 amide bonds. The van der Waals surface area contributed by atoms with Crippen molar-refractivity contribution in [3.05, 3.63) is 28.2 Å². The highest BCUT2D eigenvalue weighted by molar-refractivity contribution is 9.10. The first-order valence-corrected chi connectivity index (χ1v) is 9.09. The number of halogens is 1. The fraction of sp³-hybridized carbons (Fsp3) is 0.667. The molecular weight excluding hydrogens is 324 g/mol. The van der Waals surface area contributed by atoms with E-state index in [2.05, 4.69) is 59.8 Å². The minimum atomic E-state index is 0.262. The summed E-state index contributed by atoms with van der Waals surface area (Å²) < 4.78 is 1.16. The third-order valence-corrected chi connectivity index (χ3v) is 5.37. The molecule has 1 fully saturated rings. The van der Waals surface area contributed by atoms with Crippen molar-refractivity contribution in [2.24, 2.45) is 17.6 Å². The van der Waals surface area contributed by atoms with Gasteiger partial charge in [-0.2, -0.15) is 0 Å². The predicted molar refractivity (Wildman–Crippen MR) is 95.9 cm³/mol. The molecule has 0 aromatic heterocycles. The first kappa shape index (κ1) is 16.8. The number of benzene rings is 1. The lowest BCUT2D eigenvalue weighted by Crippen LogP contribution is -2.36. The molecule has 2 rings (SSSR count). The fourth-order valence-electron chi connectivity index (χ4n) is 3.24. The second-order valence-electron chi connectivity index (χ2n) is 6.71. The smallest absolute Gasteiger partial charge is 0.0410 e. The van der Waals surface area contributed by atoms with Gasteiger partial charge in [0.2, 0.25) is 0 Å². The van der Waals surface area contributed by atoms with Crippen LogP contribution >= 0.6 is 15.9 Å². The molecule has 3 heteroatoms. The molecule has 1 aromatic rings. The Morgan fingerprint density at radius 1 is 1.29 bits per heavy atom. The Morgan fingerprint density at radius 2 is 1.95 bits per heavy atom. The largest absolute Gasteiger partial charge is 0.371 e. The summed E-state index contributed by atoms with van der Waals surface area (Å²) in [6, 6.07) is 6.91. The van der Waals surface area contributed by atoms with Crippen LogP contribution in [0.5, 0.6) is 0 Å². The van der Waals surface area contributed by atoms with E-state index in [0.29, 0.717) is 0 Å². The molecule has 2 nitrogen and oxygen atoms in total. The van der Waals surface area contributed by atoms with Gasteiger partial charge in [-0.15, -0.1) is 0 Å². The van der Waals surface area contributed by atoms with E-state index in [1.54, 1.807) is 0 Å². The van der Waals surface area contributed by atoms with Gasteiger partial charge in [0.25, 0.3) is 0 Å². The topological polar surface area (TPSA) is 29.3 Å². The zero-order chi connectivity index (χ0) is 15.4. The van der Waals surface area contributed by atoms with Crippen molar-refractivity contribution in [1.29, 1.82) is 0 Å². The number of hydrogen-bond acceptors (Lipinski definition) is 2. The van der Waals surface area contributed by atoms with E-state index in [1.165, 1.54) is 37.2 Å². The highest BCUT2D eigenvalue weighted by Gasteiger charge is 2.23. The van der Waals surface area contributed by atoms with Gasteiger partial charge in [-0.25, -0.2) is 0 Å². The molecule has 1 heterocycles. The summed E-state index contributed by atoms with van der Waals surface area (Å²) in [6.07, 6.45) is 4.63. The van der Waals surface area contributed by atoms with Crippen LogP contribution < -0.4 is 10.6 Å². The van der Waals surface area contributed by atoms with Gasteiger partial charge in [0.1, 0.15) is 0 Å². The molecule has 2 N–H and O–H groups in total. The highest BCUT2D eigenvalue weighted by Crippen LogP contribution is 2.32. The van der Waals surface area contributed by atoms with E-state index < -0.39 is 0 Å². The molecule has 0 radical (unpaired) electrons. The minimum Gasteiger partial charge on any atom is -0.371 e. The summed E-state index contributed by atoms with van der Waals surface area (Å²) in [7, 11) is 0. The number of piperidine rings is 1. The number of hydrogen-bond donors (Lipinski definition) is 1. The molecule has 0 aliphatic carbocycles. The maximum atomic E-state index is 6.17. The van der Waals surface area contributed by atoms with Gasteiger partial charge in [0.05, 0.1) is 0 Å². The van der Waals surface area contributed by atoms with Gasteiger partial charge < -0.3 is 10.6 Å². The SMILES string of the molecule is CCC(N)Cc1ccc(Br)cc1N1CCC(C(C)C)CC1. The number of nitrogens with two attached hydrogens (primary N) is 1. The van der Waals surface area contributed by atoms with Crippen LogP contribution in [0, 0.1) is 11.8 Å². The average Bonchev–Trinajstić information content (AvgIpc) is 2.49. The third-order valence-electron chi connectivity index (χ3n) is 4.88. The van der Waals surface area contributed by atoms with E-state index in [0.717, 1.165) is 29.2 Å². The van der Waals surface area contributed by atoms with Gasteiger partial charge in [-0.3, -0.25) is 0 Å². The van der Waals surface area contributed by atoms with Crippen LogP contribution in [0.25, 0.3) is 0 Å². The lowest BCUT2D eigenvalue weighted by molar-refractivity contribution is 0.311. The monoisotopic (exact) mass is 352 g/mol. The fourth-order valence-corrected chi connectivity index (χ4v) is 3.59. The predicted octanol–water partition coefficient (Wildman–Crippen LogP) is 4.60. The van der Waals surface area contributed by atoms with Crippen molar-refractivity contribution >= 4 is 21.6 Å². The maximum absolute atomic E-state index is 6.17. The molecule has 1 aliphatic rings. The second kappa shape index (κ2) is 7.64. The Kier molecular flexibility index (Phi) is 6.12. The molecule has 1 unspecified atom stereocenters. The molecule has 0 saturated carbocycles. The number of anilines is 1. The Hall–Kier alpha value is -0.540. The van der Waals surface area contributed by atoms with Crippen LogP contribution in [0.3, 0.4) is 0 Å². The van der Waals surface area contributed by atoms with Crippen molar-refractivity contribution in [2.75, 3.05) is 18.0 Å². The zero-order valence-corrected chi connectivity index (χ0v) is 15.2. The Labute approximate surface area is 138 Å². The van der Waals surface area contributed by atoms with Gasteiger partial charge in [0.15, 0.2) is 0 Å². The first-order chi connectivity index (χ1) is 10.0. The van der Waals surface area contributed by atoms with Crippen LogP contribution in [0.2, 0.25) is 0 Å². The van der Waals surface area contributed by atoms with Crippen molar-refractivity contribution in [2.45, 2.75) is 52.5 Å². The lowest BCUT2D eigenvalue weighted by Gasteiger charge is -2.36. The minimum absolute atomic E-state index is 0.262. The molecule has 1 saturated heterocycles. The molecule has 0 bridgehead atoms. The van der Waals surface area contributed by atoms with E-state index in [9.17, 15) is 0 Å². The number of rotatable bonds is 5. The summed E-state index contributed by atoms with van der Waals surface area (Å²) >= 11 is 3.62. The van der Waals surface area contributed by atoms with Crippen LogP contribution in [0.4, 0.5) is 5.69 Å². The summed E-state index contributed by atoms with van der Waals surface area (Å²) in [5, 5.41) is 0. The first-order valence-electron chi connectivity index (χ1n) is 8.30. The van der Waals surface area contributed by atoms with Crippen LogP contribution in [0.1, 0.15) is 45.6 Å². The van der Waals surface area contributed by atoms with Gasteiger partial charge in [0, 0.05) is 29.3 Å². The third kappa shape index (κ3) is 4.46. The maximum Gasteiger partial charge on any atom is 0.0410 e. The van der Waals surface area contributed by atoms with E-state index in [-0.39, 0.29) is 6.04 Å². The zero-order valence-electron chi connectivity index (χ0n) is 13.6. The van der Waals surface area contributed by atoms with E-state index in [4.69, 9.17) is 5.73 Å². The summed E-state index contributed by atoms with van der Waals surface area (Å²) in [5.74, 6) is 1.69. The lowest BCUT2D eigenvalue weighted by atomic mass is 9.86. The molecule has 1 aliphatic heterocycles. The quantitative estimate of drug-likeness (QED) is 0.838. The van der Waals surface area contributed by atoms with Crippen molar-refractivity contribution in [3.8, 4) is 0 Å². The average molecular weight is 353 g/mol. The Balaban J connectivity index is 2.13.